The average molecular weight is 264 g/mol. The van der Waals surface area contributed by atoms with Crippen LogP contribution in [-0.4, -0.2) is 37.8 Å². The van der Waals surface area contributed by atoms with Crippen molar-refractivity contribution in [2.24, 2.45) is 0 Å². The van der Waals surface area contributed by atoms with Gasteiger partial charge in [0.2, 0.25) is 0 Å². The third-order valence-corrected chi connectivity index (χ3v) is 3.04. The molecule has 0 fully saturated rings. The van der Waals surface area contributed by atoms with Crippen molar-refractivity contribution in [1.29, 1.82) is 0 Å². The Kier molecular flexibility index (Phi) is 6.97. The smallest absolute Gasteiger partial charge is 0.251 e. The number of amides is 1. The number of benzene rings is 1. The summed E-state index contributed by atoms with van der Waals surface area (Å²) in [6.07, 6.45) is 2.93. The van der Waals surface area contributed by atoms with E-state index in [0.717, 1.165) is 12.2 Å². The van der Waals surface area contributed by atoms with Crippen LogP contribution in [0.5, 0.6) is 0 Å². The largest absolute Gasteiger partial charge is 0.396 e. The molecule has 0 bridgehead atoms. The Morgan fingerprint density at radius 3 is 2.53 bits per heavy atom. The second-order valence-electron chi connectivity index (χ2n) is 4.66. The zero-order valence-electron chi connectivity index (χ0n) is 11.9. The van der Waals surface area contributed by atoms with Crippen molar-refractivity contribution in [3.05, 3.63) is 29.8 Å². The van der Waals surface area contributed by atoms with Gasteiger partial charge in [0.15, 0.2) is 0 Å². The summed E-state index contributed by atoms with van der Waals surface area (Å²) in [7, 11) is 2.06. The highest BCUT2D eigenvalue weighted by atomic mass is 16.3. The monoisotopic (exact) mass is 264 g/mol. The number of nitrogens with zero attached hydrogens (tertiary/aromatic N) is 1. The first kappa shape index (κ1) is 15.5. The van der Waals surface area contributed by atoms with Crippen LogP contribution >= 0.6 is 0 Å². The highest BCUT2D eigenvalue weighted by molar-refractivity contribution is 5.94. The van der Waals surface area contributed by atoms with Crippen LogP contribution in [0.3, 0.4) is 0 Å². The van der Waals surface area contributed by atoms with Crippen molar-refractivity contribution in [3.63, 3.8) is 0 Å². The van der Waals surface area contributed by atoms with Crippen LogP contribution < -0.4 is 10.2 Å². The molecule has 0 aliphatic carbocycles. The van der Waals surface area contributed by atoms with Gasteiger partial charge >= 0.3 is 0 Å². The van der Waals surface area contributed by atoms with Crippen LogP contribution in [-0.2, 0) is 0 Å². The molecule has 0 heterocycles. The fraction of sp³-hybridized carbons (Fsp3) is 0.533. The van der Waals surface area contributed by atoms with Crippen LogP contribution in [0.15, 0.2) is 24.3 Å². The summed E-state index contributed by atoms with van der Waals surface area (Å²) >= 11 is 0. The van der Waals surface area contributed by atoms with Crippen molar-refractivity contribution in [1.82, 2.24) is 5.32 Å². The molecule has 0 atom stereocenters. The van der Waals surface area contributed by atoms with E-state index in [-0.39, 0.29) is 12.5 Å². The lowest BCUT2D eigenvalue weighted by molar-refractivity contribution is 0.0951. The Hall–Kier alpha value is -1.55. The highest BCUT2D eigenvalue weighted by Crippen LogP contribution is 2.14. The van der Waals surface area contributed by atoms with Crippen molar-refractivity contribution < 1.29 is 9.90 Å². The first-order chi connectivity index (χ1) is 9.19. The number of hydrogen-bond donors (Lipinski definition) is 2. The van der Waals surface area contributed by atoms with Gasteiger partial charge in [-0.2, -0.15) is 0 Å². The van der Waals surface area contributed by atoms with Crippen molar-refractivity contribution in [2.45, 2.75) is 26.2 Å². The van der Waals surface area contributed by atoms with E-state index in [1.54, 1.807) is 0 Å². The van der Waals surface area contributed by atoms with Gasteiger partial charge in [-0.05, 0) is 37.1 Å². The van der Waals surface area contributed by atoms with Crippen LogP contribution in [0.1, 0.15) is 36.5 Å². The fourth-order valence-corrected chi connectivity index (χ4v) is 1.77. The maximum absolute atomic E-state index is 11.8. The predicted molar refractivity (Wildman–Crippen MR) is 78.7 cm³/mol. The predicted octanol–water partition coefficient (Wildman–Crippen LogP) is 2.04. The maximum atomic E-state index is 11.8. The van der Waals surface area contributed by atoms with Crippen molar-refractivity contribution in [2.75, 3.05) is 31.6 Å². The molecule has 0 aliphatic rings. The minimum atomic E-state index is -0.0868. The Labute approximate surface area is 115 Å². The summed E-state index contributed by atoms with van der Waals surface area (Å²) in [5.41, 5.74) is 1.78. The second kappa shape index (κ2) is 8.53. The summed E-state index contributed by atoms with van der Waals surface area (Å²) < 4.78 is 0. The molecule has 2 N–H and O–H groups in total. The van der Waals surface area contributed by atoms with Gasteiger partial charge < -0.3 is 15.3 Å². The van der Waals surface area contributed by atoms with E-state index in [1.165, 1.54) is 12.8 Å². The lowest BCUT2D eigenvalue weighted by Crippen LogP contribution is -2.25. The Bertz CT molecular complexity index is 376. The summed E-state index contributed by atoms with van der Waals surface area (Å²) in [4.78, 5) is 14.0. The molecule has 19 heavy (non-hydrogen) atoms. The molecule has 0 aromatic heterocycles. The van der Waals surface area contributed by atoms with E-state index < -0.39 is 0 Å². The number of nitrogens with one attached hydrogen (secondary N) is 1. The minimum Gasteiger partial charge on any atom is -0.396 e. The van der Waals surface area contributed by atoms with Gasteiger partial charge in [0.25, 0.3) is 5.91 Å². The fourth-order valence-electron chi connectivity index (χ4n) is 1.77. The number of rotatable bonds is 8. The molecule has 106 valence electrons. The molecule has 1 aromatic carbocycles. The molecule has 0 aliphatic heterocycles. The van der Waals surface area contributed by atoms with E-state index >= 15 is 0 Å². The Morgan fingerprint density at radius 1 is 1.26 bits per heavy atom. The van der Waals surface area contributed by atoms with E-state index in [4.69, 9.17) is 5.11 Å². The van der Waals surface area contributed by atoms with E-state index in [0.29, 0.717) is 18.5 Å². The van der Waals surface area contributed by atoms with Gasteiger partial charge in [-0.3, -0.25) is 4.79 Å². The molecule has 0 saturated carbocycles. The maximum Gasteiger partial charge on any atom is 0.251 e. The molecular weight excluding hydrogens is 240 g/mol. The van der Waals surface area contributed by atoms with E-state index in [1.807, 2.05) is 24.3 Å². The average Bonchev–Trinajstić information content (AvgIpc) is 2.45. The zero-order valence-corrected chi connectivity index (χ0v) is 11.9. The number of aliphatic hydroxyl groups is 1. The first-order valence-corrected chi connectivity index (χ1v) is 6.89. The van der Waals surface area contributed by atoms with Crippen LogP contribution in [0.4, 0.5) is 5.69 Å². The van der Waals surface area contributed by atoms with Crippen LogP contribution in [0.25, 0.3) is 0 Å². The van der Waals surface area contributed by atoms with Gasteiger partial charge in [0.1, 0.15) is 0 Å². The summed E-state index contributed by atoms with van der Waals surface area (Å²) in [6, 6.07) is 7.62. The molecule has 0 unspecified atom stereocenters. The van der Waals surface area contributed by atoms with Gasteiger partial charge in [0, 0.05) is 38.0 Å². The summed E-state index contributed by atoms with van der Waals surface area (Å²) in [5, 5.41) is 11.4. The topological polar surface area (TPSA) is 52.6 Å². The second-order valence-corrected chi connectivity index (χ2v) is 4.66. The SMILES string of the molecule is CCCCN(C)c1ccc(C(=O)NCCCO)cc1. The molecule has 4 nitrogen and oxygen atoms in total. The van der Waals surface area contributed by atoms with Gasteiger partial charge in [-0.1, -0.05) is 13.3 Å². The molecule has 0 spiro atoms. The quantitative estimate of drug-likeness (QED) is 0.706. The standard InChI is InChI=1S/C15H24N2O2/c1-3-4-11-17(2)14-8-6-13(7-9-14)15(19)16-10-5-12-18/h6-9,18H,3-5,10-12H2,1-2H3,(H,16,19). The number of carbonyl (C=O) groups is 1. The molecule has 0 radical (unpaired) electrons. The Morgan fingerprint density at radius 2 is 1.95 bits per heavy atom. The van der Waals surface area contributed by atoms with Gasteiger partial charge in [-0.15, -0.1) is 0 Å². The number of unbranched alkanes of at least 4 members (excludes halogenated alkanes) is 1. The summed E-state index contributed by atoms with van der Waals surface area (Å²) in [6.45, 7) is 3.81. The number of hydrogen-bond acceptors (Lipinski definition) is 3. The number of aliphatic hydroxyl groups excluding tert-OH is 1. The van der Waals surface area contributed by atoms with Gasteiger partial charge in [-0.25, -0.2) is 0 Å². The van der Waals surface area contributed by atoms with Crippen molar-refractivity contribution in [3.8, 4) is 0 Å². The van der Waals surface area contributed by atoms with E-state index in [2.05, 4.69) is 24.2 Å². The van der Waals surface area contributed by atoms with E-state index in [9.17, 15) is 4.79 Å². The minimum absolute atomic E-state index is 0.0868. The third kappa shape index (κ3) is 5.30. The Balaban J connectivity index is 2.53. The van der Waals surface area contributed by atoms with Crippen LogP contribution in [0, 0.1) is 0 Å². The summed E-state index contributed by atoms with van der Waals surface area (Å²) in [5.74, 6) is -0.0868. The lowest BCUT2D eigenvalue weighted by atomic mass is 10.1. The third-order valence-electron chi connectivity index (χ3n) is 3.04. The molecule has 0 saturated heterocycles. The highest BCUT2D eigenvalue weighted by Gasteiger charge is 2.05. The molecule has 1 rings (SSSR count). The first-order valence-electron chi connectivity index (χ1n) is 6.89. The zero-order chi connectivity index (χ0) is 14.1. The lowest BCUT2D eigenvalue weighted by Gasteiger charge is -2.19. The number of carbonyl (C=O) groups excluding carboxylic acids is 1. The normalized spacial score (nSPS) is 10.3. The molecule has 1 aromatic rings. The molecule has 1 amide bonds. The molecule has 4 heteroatoms. The number of anilines is 1. The van der Waals surface area contributed by atoms with Gasteiger partial charge in [0.05, 0.1) is 0 Å². The molecular formula is C15H24N2O2. The van der Waals surface area contributed by atoms with Crippen molar-refractivity contribution >= 4 is 11.6 Å². The van der Waals surface area contributed by atoms with Crippen LogP contribution in [0.2, 0.25) is 0 Å².